The minimum atomic E-state index is -1.93. The van der Waals surface area contributed by atoms with Gasteiger partial charge in [0.1, 0.15) is 5.75 Å². The lowest BCUT2D eigenvalue weighted by Crippen LogP contribution is -1.88. The monoisotopic (exact) mass is 222 g/mol. The van der Waals surface area contributed by atoms with E-state index in [1.54, 1.807) is 19.2 Å². The molecule has 0 saturated carbocycles. The van der Waals surface area contributed by atoms with Crippen molar-refractivity contribution in [1.29, 1.82) is 0 Å². The van der Waals surface area contributed by atoms with E-state index in [4.69, 9.17) is 9.29 Å². The standard InChI is InChI=1S/C11H10O3S/c1-14-10-4-2-8-3-5-11(15(12)13)7-9(8)6-10/h2-7H,1H3,(H,12,13). The number of methoxy groups -OCH3 is 1. The lowest BCUT2D eigenvalue weighted by atomic mass is 10.1. The van der Waals surface area contributed by atoms with E-state index >= 15 is 0 Å². The number of hydrogen-bond acceptors (Lipinski definition) is 2. The zero-order valence-electron chi connectivity index (χ0n) is 8.14. The molecule has 2 rings (SSSR count). The van der Waals surface area contributed by atoms with Gasteiger partial charge in [0, 0.05) is 0 Å². The van der Waals surface area contributed by atoms with Crippen molar-refractivity contribution in [3.8, 4) is 5.75 Å². The van der Waals surface area contributed by atoms with Gasteiger partial charge in [0.05, 0.1) is 12.0 Å². The van der Waals surface area contributed by atoms with Gasteiger partial charge in [-0.1, -0.05) is 12.1 Å². The van der Waals surface area contributed by atoms with E-state index in [1.165, 1.54) is 0 Å². The molecule has 2 aromatic carbocycles. The second-order valence-corrected chi connectivity index (χ2v) is 4.09. The molecule has 1 atom stereocenters. The summed E-state index contributed by atoms with van der Waals surface area (Å²) in [5, 5.41) is 1.92. The third-order valence-electron chi connectivity index (χ3n) is 2.22. The van der Waals surface area contributed by atoms with Crippen LogP contribution in [0.25, 0.3) is 10.8 Å². The Labute approximate surface area is 90.0 Å². The molecule has 0 bridgehead atoms. The van der Waals surface area contributed by atoms with Crippen LogP contribution in [-0.2, 0) is 11.1 Å². The molecule has 0 aliphatic heterocycles. The topological polar surface area (TPSA) is 46.5 Å². The van der Waals surface area contributed by atoms with Crippen LogP contribution in [-0.4, -0.2) is 15.9 Å². The predicted molar refractivity (Wildman–Crippen MR) is 59.5 cm³/mol. The quantitative estimate of drug-likeness (QED) is 0.794. The summed E-state index contributed by atoms with van der Waals surface area (Å²) in [6.07, 6.45) is 0. The molecule has 78 valence electrons. The fourth-order valence-electron chi connectivity index (χ4n) is 1.44. The molecule has 0 amide bonds. The van der Waals surface area contributed by atoms with E-state index in [1.807, 2.05) is 24.3 Å². The Morgan fingerprint density at radius 3 is 2.53 bits per heavy atom. The summed E-state index contributed by atoms with van der Waals surface area (Å²) < 4.78 is 24.9. The first-order valence-electron chi connectivity index (χ1n) is 4.39. The van der Waals surface area contributed by atoms with Crippen LogP contribution >= 0.6 is 0 Å². The van der Waals surface area contributed by atoms with E-state index < -0.39 is 11.1 Å². The van der Waals surface area contributed by atoms with E-state index in [0.717, 1.165) is 16.5 Å². The van der Waals surface area contributed by atoms with Crippen molar-refractivity contribution in [3.05, 3.63) is 36.4 Å². The lowest BCUT2D eigenvalue weighted by Gasteiger charge is -2.03. The largest absolute Gasteiger partial charge is 0.497 e. The molecule has 3 nitrogen and oxygen atoms in total. The Morgan fingerprint density at radius 1 is 1.13 bits per heavy atom. The Bertz CT molecular complexity index is 522. The van der Waals surface area contributed by atoms with E-state index in [-0.39, 0.29) is 0 Å². The highest BCUT2D eigenvalue weighted by Crippen LogP contribution is 2.22. The normalized spacial score (nSPS) is 12.7. The smallest absolute Gasteiger partial charge is 0.186 e. The SMILES string of the molecule is COc1ccc2ccc(S(=O)O)cc2c1. The Kier molecular flexibility index (Phi) is 2.70. The van der Waals surface area contributed by atoms with Crippen LogP contribution in [0.3, 0.4) is 0 Å². The highest BCUT2D eigenvalue weighted by Gasteiger charge is 2.02. The fraction of sp³-hybridized carbons (Fsp3) is 0.0909. The Hall–Kier alpha value is -1.39. The molecule has 1 unspecified atom stereocenters. The van der Waals surface area contributed by atoms with Gasteiger partial charge >= 0.3 is 0 Å². The summed E-state index contributed by atoms with van der Waals surface area (Å²) in [5.74, 6) is 0.739. The van der Waals surface area contributed by atoms with Crippen LogP contribution in [0.15, 0.2) is 41.3 Å². The van der Waals surface area contributed by atoms with Crippen molar-refractivity contribution in [2.45, 2.75) is 4.90 Å². The molecule has 15 heavy (non-hydrogen) atoms. The van der Waals surface area contributed by atoms with Crippen molar-refractivity contribution >= 4 is 21.9 Å². The maximum atomic E-state index is 10.9. The summed E-state index contributed by atoms with van der Waals surface area (Å²) in [6, 6.07) is 10.8. The molecule has 0 spiro atoms. The number of ether oxygens (including phenoxy) is 1. The van der Waals surface area contributed by atoms with Crippen molar-refractivity contribution in [1.82, 2.24) is 0 Å². The number of benzene rings is 2. The van der Waals surface area contributed by atoms with Crippen LogP contribution in [0.1, 0.15) is 0 Å². The Morgan fingerprint density at radius 2 is 1.87 bits per heavy atom. The van der Waals surface area contributed by atoms with Gasteiger partial charge in [-0.05, 0) is 35.0 Å². The highest BCUT2D eigenvalue weighted by atomic mass is 32.2. The molecule has 0 heterocycles. The van der Waals surface area contributed by atoms with Crippen molar-refractivity contribution in [3.63, 3.8) is 0 Å². The number of hydrogen-bond donors (Lipinski definition) is 1. The van der Waals surface area contributed by atoms with E-state index in [0.29, 0.717) is 4.90 Å². The molecule has 0 aliphatic rings. The molecular weight excluding hydrogens is 212 g/mol. The second-order valence-electron chi connectivity index (χ2n) is 3.12. The minimum absolute atomic E-state index is 0.399. The summed E-state index contributed by atoms with van der Waals surface area (Å²) in [5.41, 5.74) is 0. The van der Waals surface area contributed by atoms with Gasteiger partial charge in [-0.25, -0.2) is 4.21 Å². The van der Waals surface area contributed by atoms with Crippen LogP contribution in [0.4, 0.5) is 0 Å². The minimum Gasteiger partial charge on any atom is -0.497 e. The highest BCUT2D eigenvalue weighted by molar-refractivity contribution is 7.79. The second kappa shape index (κ2) is 4.00. The van der Waals surface area contributed by atoms with Crippen molar-refractivity contribution in [2.24, 2.45) is 0 Å². The molecule has 0 saturated heterocycles. The molecule has 0 radical (unpaired) electrons. The first-order chi connectivity index (χ1) is 7.20. The van der Waals surface area contributed by atoms with Gasteiger partial charge < -0.3 is 9.29 Å². The maximum absolute atomic E-state index is 10.9. The van der Waals surface area contributed by atoms with Crippen LogP contribution in [0.5, 0.6) is 5.75 Å². The Balaban J connectivity index is 2.62. The van der Waals surface area contributed by atoms with Crippen LogP contribution in [0.2, 0.25) is 0 Å². The molecular formula is C11H10O3S. The van der Waals surface area contributed by atoms with Gasteiger partial charge in [-0.3, -0.25) is 0 Å². The first-order valence-corrected chi connectivity index (χ1v) is 5.50. The molecule has 2 aromatic rings. The van der Waals surface area contributed by atoms with Gasteiger partial charge in [-0.2, -0.15) is 0 Å². The fourth-order valence-corrected chi connectivity index (χ4v) is 1.85. The van der Waals surface area contributed by atoms with E-state index in [9.17, 15) is 4.21 Å². The summed E-state index contributed by atoms with van der Waals surface area (Å²) in [4.78, 5) is 0.399. The molecule has 0 aliphatic carbocycles. The molecule has 1 N–H and O–H groups in total. The van der Waals surface area contributed by atoms with E-state index in [2.05, 4.69) is 0 Å². The zero-order chi connectivity index (χ0) is 10.8. The molecule has 4 heteroatoms. The van der Waals surface area contributed by atoms with Crippen LogP contribution in [0, 0.1) is 0 Å². The number of rotatable bonds is 2. The zero-order valence-corrected chi connectivity index (χ0v) is 8.95. The van der Waals surface area contributed by atoms with Gasteiger partial charge in [0.25, 0.3) is 0 Å². The first kappa shape index (κ1) is 10.1. The molecule has 0 fully saturated rings. The third kappa shape index (κ3) is 2.00. The average Bonchev–Trinajstić information content (AvgIpc) is 2.27. The predicted octanol–water partition coefficient (Wildman–Crippen LogP) is 2.43. The van der Waals surface area contributed by atoms with Gasteiger partial charge in [-0.15, -0.1) is 0 Å². The summed E-state index contributed by atoms with van der Waals surface area (Å²) >= 11 is -1.93. The van der Waals surface area contributed by atoms with Gasteiger partial charge in [0.2, 0.25) is 0 Å². The number of fused-ring (bicyclic) bond motifs is 1. The summed E-state index contributed by atoms with van der Waals surface area (Å²) in [6.45, 7) is 0. The van der Waals surface area contributed by atoms with Crippen molar-refractivity contribution < 1.29 is 13.5 Å². The third-order valence-corrected chi connectivity index (χ3v) is 2.88. The molecule has 0 aromatic heterocycles. The average molecular weight is 222 g/mol. The van der Waals surface area contributed by atoms with Crippen molar-refractivity contribution in [2.75, 3.05) is 7.11 Å². The summed E-state index contributed by atoms with van der Waals surface area (Å²) in [7, 11) is 1.59. The lowest BCUT2D eigenvalue weighted by molar-refractivity contribution is 0.415. The van der Waals surface area contributed by atoms with Crippen LogP contribution < -0.4 is 4.74 Å². The maximum Gasteiger partial charge on any atom is 0.186 e. The van der Waals surface area contributed by atoms with Gasteiger partial charge in [0.15, 0.2) is 11.1 Å².